The van der Waals surface area contributed by atoms with Crippen molar-refractivity contribution < 1.29 is 43.6 Å². The van der Waals surface area contributed by atoms with Crippen LogP contribution in [0, 0.1) is 0 Å². The molecule has 0 saturated carbocycles. The van der Waals surface area contributed by atoms with Gasteiger partial charge in [0.1, 0.15) is 4.90 Å². The lowest BCUT2D eigenvalue weighted by Crippen LogP contribution is -2.47. The van der Waals surface area contributed by atoms with E-state index in [0.29, 0.717) is 37.4 Å². The summed E-state index contributed by atoms with van der Waals surface area (Å²) in [5, 5.41) is 8.07. The van der Waals surface area contributed by atoms with Crippen molar-refractivity contribution in [2.24, 2.45) is 5.14 Å². The normalized spacial score (nSPS) is 16.5. The number of halogens is 3. The van der Waals surface area contributed by atoms with Crippen LogP contribution >= 0.6 is 19.4 Å². The van der Waals surface area contributed by atoms with Crippen LogP contribution in [0.2, 0.25) is 0 Å². The van der Waals surface area contributed by atoms with E-state index in [-0.39, 0.29) is 17.9 Å². The molecule has 0 aromatic heterocycles. The van der Waals surface area contributed by atoms with E-state index in [1.54, 1.807) is 0 Å². The van der Waals surface area contributed by atoms with E-state index in [2.05, 4.69) is 15.1 Å². The van der Waals surface area contributed by atoms with Crippen LogP contribution in [-0.2, 0) is 33.5 Å². The number of sulfone groups is 1. The number of benzene rings is 2. The highest BCUT2D eigenvalue weighted by atomic mass is 32.2. The molecule has 1 aliphatic rings. The van der Waals surface area contributed by atoms with Crippen molar-refractivity contribution in [1.82, 2.24) is 9.80 Å². The second-order valence-electron chi connectivity index (χ2n) is 12.1. The monoisotopic (exact) mass is 758 g/mol. The van der Waals surface area contributed by atoms with Crippen molar-refractivity contribution in [2.45, 2.75) is 79.0 Å². The molecule has 1 atom stereocenters. The van der Waals surface area contributed by atoms with E-state index < -0.39 is 48.8 Å². The molecule has 48 heavy (non-hydrogen) atoms. The predicted molar refractivity (Wildman–Crippen MR) is 183 cm³/mol. The number of rotatable bonds is 18. The number of nitrogens with zero attached hydrogens (tertiary/aromatic N) is 2. The summed E-state index contributed by atoms with van der Waals surface area (Å²) in [6.45, 7) is 11.6. The summed E-state index contributed by atoms with van der Waals surface area (Å²) >= 11 is 1.46. The Balaban J connectivity index is 1.68. The molecule has 0 aliphatic carbocycles. The third-order valence-corrected chi connectivity index (χ3v) is 13.3. The maximum absolute atomic E-state index is 13.7. The Morgan fingerprint density at radius 1 is 0.917 bits per heavy atom. The Bertz CT molecular complexity index is 1580. The second-order valence-corrected chi connectivity index (χ2v) is 18.7. The lowest BCUT2D eigenvalue weighted by atomic mass is 10.2. The number of alkyl halides is 3. The topological polar surface area (TPSA) is 148 Å². The largest absolute Gasteiger partial charge is 0.501 e. The molecule has 2 aromatic rings. The Kier molecular flexibility index (Phi) is 14.8. The van der Waals surface area contributed by atoms with E-state index in [4.69, 9.17) is 14.2 Å². The zero-order valence-electron chi connectivity index (χ0n) is 27.6. The molecule has 0 radical (unpaired) electrons. The maximum atomic E-state index is 13.7. The summed E-state index contributed by atoms with van der Waals surface area (Å²) in [6.07, 6.45) is 0.992. The first-order chi connectivity index (χ1) is 22.3. The van der Waals surface area contributed by atoms with Gasteiger partial charge in [-0.05, 0) is 77.4 Å². The summed E-state index contributed by atoms with van der Waals surface area (Å²) in [5.41, 5.74) is -6.02. The molecule has 3 rings (SSSR count). The average Bonchev–Trinajstić information content (AvgIpc) is 2.97. The average molecular weight is 759 g/mol. The highest BCUT2D eigenvalue weighted by molar-refractivity contribution is 7.99. The Labute approximate surface area is 286 Å². The van der Waals surface area contributed by atoms with Gasteiger partial charge in [-0.25, -0.2) is 22.0 Å². The molecule has 1 aliphatic heterocycles. The highest BCUT2D eigenvalue weighted by Gasteiger charge is 2.48. The minimum atomic E-state index is -5.91. The number of anilines is 1. The zero-order chi connectivity index (χ0) is 35.8. The fourth-order valence-electron chi connectivity index (χ4n) is 5.11. The van der Waals surface area contributed by atoms with Gasteiger partial charge in [0.2, 0.25) is 10.0 Å². The smallest absolute Gasteiger partial charge is 0.380 e. The third kappa shape index (κ3) is 12.6. The molecule has 11 nitrogen and oxygen atoms in total. The van der Waals surface area contributed by atoms with Gasteiger partial charge >= 0.3 is 13.1 Å². The van der Waals surface area contributed by atoms with Crippen LogP contribution < -0.4 is 10.5 Å². The van der Waals surface area contributed by atoms with Gasteiger partial charge < -0.3 is 24.2 Å². The number of sulfonamides is 1. The fourth-order valence-corrected chi connectivity index (χ4v) is 9.74. The van der Waals surface area contributed by atoms with Crippen LogP contribution in [0.3, 0.4) is 0 Å². The first kappa shape index (κ1) is 40.7. The number of hydrogen-bond donors (Lipinski definition) is 2. The number of hydrogen-bond acceptors (Lipinski definition) is 11. The summed E-state index contributed by atoms with van der Waals surface area (Å²) < 4.78 is 114. The molecule has 1 fully saturated rings. The van der Waals surface area contributed by atoms with Gasteiger partial charge in [0.25, 0.3) is 9.84 Å². The highest BCUT2D eigenvalue weighted by Crippen LogP contribution is 2.51. The van der Waals surface area contributed by atoms with E-state index in [9.17, 15) is 34.6 Å². The Morgan fingerprint density at radius 2 is 1.48 bits per heavy atom. The van der Waals surface area contributed by atoms with Gasteiger partial charge in [-0.15, -0.1) is 11.8 Å². The molecule has 1 heterocycles. The fraction of sp³-hybridized carbons (Fsp3) is 0.600. The first-order valence-corrected chi connectivity index (χ1v) is 21.4. The summed E-state index contributed by atoms with van der Waals surface area (Å²) in [7, 11) is -13.6. The van der Waals surface area contributed by atoms with Crippen molar-refractivity contribution in [2.75, 3.05) is 56.5 Å². The van der Waals surface area contributed by atoms with Crippen molar-refractivity contribution >= 4 is 44.9 Å². The van der Waals surface area contributed by atoms with Crippen LogP contribution in [0.4, 0.5) is 18.9 Å². The molecule has 0 amide bonds. The lowest BCUT2D eigenvalue weighted by molar-refractivity contribution is -0.0435. The summed E-state index contributed by atoms with van der Waals surface area (Å²) in [6, 6.07) is 11.3. The third-order valence-electron chi connectivity index (χ3n) is 7.34. The Morgan fingerprint density at radius 3 is 2.00 bits per heavy atom. The van der Waals surface area contributed by atoms with Crippen LogP contribution in [-0.4, -0.2) is 102 Å². The molecule has 0 bridgehead atoms. The second kappa shape index (κ2) is 17.5. The van der Waals surface area contributed by atoms with Gasteiger partial charge in [0.05, 0.1) is 29.0 Å². The molecule has 1 saturated heterocycles. The van der Waals surface area contributed by atoms with Crippen molar-refractivity contribution in [3.63, 3.8) is 0 Å². The van der Waals surface area contributed by atoms with E-state index in [0.717, 1.165) is 49.8 Å². The zero-order valence-corrected chi connectivity index (χ0v) is 30.9. The SMILES string of the molecule is CC(C)OP(=O)(CCCN1CCN(CC[C@H](CSc2ccccc2)Nc2ccc(S(N)(=O)=O)cc2S(=O)(=O)C(F)(F)F)CC1)OC(C)C. The van der Waals surface area contributed by atoms with Gasteiger partial charge in [-0.3, -0.25) is 4.57 Å². The van der Waals surface area contributed by atoms with Crippen LogP contribution in [0.25, 0.3) is 0 Å². The van der Waals surface area contributed by atoms with E-state index in [1.807, 2.05) is 58.0 Å². The van der Waals surface area contributed by atoms with Crippen molar-refractivity contribution in [3.8, 4) is 0 Å². The van der Waals surface area contributed by atoms with Crippen LogP contribution in [0.1, 0.15) is 40.5 Å². The minimum absolute atomic E-state index is 0.218. The van der Waals surface area contributed by atoms with Crippen molar-refractivity contribution in [3.05, 3.63) is 48.5 Å². The number of nitrogens with two attached hydrogens (primary N) is 1. The molecule has 2 aromatic carbocycles. The first-order valence-electron chi connectivity index (χ1n) is 15.6. The molecular formula is C30H46F3N4O7PS3. The number of primary sulfonamides is 1. The van der Waals surface area contributed by atoms with Crippen molar-refractivity contribution in [1.29, 1.82) is 0 Å². The van der Waals surface area contributed by atoms with E-state index >= 15 is 0 Å². The quantitative estimate of drug-likeness (QED) is 0.144. The number of nitrogens with one attached hydrogen (secondary N) is 1. The van der Waals surface area contributed by atoms with E-state index in [1.165, 1.54) is 11.8 Å². The Hall–Kier alpha value is -1.69. The van der Waals surface area contributed by atoms with Crippen LogP contribution in [0.5, 0.6) is 0 Å². The van der Waals surface area contributed by atoms with Gasteiger partial charge in [0.15, 0.2) is 0 Å². The predicted octanol–water partition coefficient (Wildman–Crippen LogP) is 5.64. The molecular weight excluding hydrogens is 713 g/mol. The summed E-state index contributed by atoms with van der Waals surface area (Å²) in [5.74, 6) is 0.392. The lowest BCUT2D eigenvalue weighted by Gasteiger charge is -2.35. The molecule has 0 unspecified atom stereocenters. The number of piperazine rings is 1. The van der Waals surface area contributed by atoms with Gasteiger partial charge in [-0.2, -0.15) is 13.2 Å². The molecule has 3 N–H and O–H groups in total. The molecule has 0 spiro atoms. The standard InChI is InChI=1S/C30H46F3N4O7PS3/c1-23(2)43-45(38,44-24(3)4)20-8-14-36-16-18-37(19-17-36)15-13-25(22-46-26-9-6-5-7-10-26)35-28-12-11-27(48(34,41)42)21-29(28)47(39,40)30(31,32)33/h5-7,9-12,21,23-25,35H,8,13-20,22H2,1-4H3,(H2,34,41,42)/t25-/m1/s1. The molecule has 18 heteroatoms. The minimum Gasteiger partial charge on any atom is -0.380 e. The van der Waals surface area contributed by atoms with Gasteiger partial charge in [-0.1, -0.05) is 18.2 Å². The number of thioether (sulfide) groups is 1. The van der Waals surface area contributed by atoms with Crippen LogP contribution in [0.15, 0.2) is 63.2 Å². The molecule has 272 valence electrons. The summed E-state index contributed by atoms with van der Waals surface area (Å²) in [4.78, 5) is 3.48. The maximum Gasteiger partial charge on any atom is 0.501 e. The van der Waals surface area contributed by atoms with Gasteiger partial charge in [0, 0.05) is 49.4 Å².